The molecular weight excluding hydrogens is 284 g/mol. The van der Waals surface area contributed by atoms with Crippen LogP contribution >= 0.6 is 0 Å². The van der Waals surface area contributed by atoms with Crippen LogP contribution in [0.1, 0.15) is 85.0 Å². The summed E-state index contributed by atoms with van der Waals surface area (Å²) in [6, 6.07) is 0. The van der Waals surface area contributed by atoms with E-state index in [2.05, 4.69) is 32.3 Å². The summed E-state index contributed by atoms with van der Waals surface area (Å²) in [6.07, 6.45) is 13.1. The molecule has 1 saturated heterocycles. The lowest BCUT2D eigenvalue weighted by molar-refractivity contribution is -0.309. The highest BCUT2D eigenvalue weighted by Crippen LogP contribution is 2.40. The van der Waals surface area contributed by atoms with Crippen LogP contribution in [0.15, 0.2) is 12.7 Å². The van der Waals surface area contributed by atoms with Gasteiger partial charge in [-0.15, -0.1) is 18.4 Å². The van der Waals surface area contributed by atoms with Crippen molar-refractivity contribution in [2.45, 2.75) is 90.8 Å². The van der Waals surface area contributed by atoms with Gasteiger partial charge in [0.05, 0.1) is 13.2 Å². The van der Waals surface area contributed by atoms with Crippen LogP contribution in [-0.2, 0) is 9.47 Å². The maximum absolute atomic E-state index is 6.39. The molecule has 1 rings (SSSR count). The highest BCUT2D eigenvalue weighted by Gasteiger charge is 2.43. The zero-order valence-electron chi connectivity index (χ0n) is 15.6. The van der Waals surface area contributed by atoms with Crippen molar-refractivity contribution in [2.75, 3.05) is 13.2 Å². The first-order chi connectivity index (χ1) is 11.2. The molecular formula is C21H36O2. The Morgan fingerprint density at radius 2 is 1.57 bits per heavy atom. The zero-order valence-corrected chi connectivity index (χ0v) is 15.6. The van der Waals surface area contributed by atoms with Gasteiger partial charge in [0.15, 0.2) is 5.79 Å². The van der Waals surface area contributed by atoms with Gasteiger partial charge in [0.25, 0.3) is 0 Å². The predicted octanol–water partition coefficient (Wildman–Crippen LogP) is 5.87. The fraction of sp³-hybridized carbons (Fsp3) is 0.810. The van der Waals surface area contributed by atoms with Crippen molar-refractivity contribution >= 4 is 0 Å². The van der Waals surface area contributed by atoms with Gasteiger partial charge in [-0.25, -0.2) is 0 Å². The molecule has 0 aromatic rings. The molecule has 1 fully saturated rings. The van der Waals surface area contributed by atoms with E-state index < -0.39 is 0 Å². The van der Waals surface area contributed by atoms with E-state index in [1.54, 1.807) is 0 Å². The Kier molecular flexibility index (Phi) is 9.60. The highest BCUT2D eigenvalue weighted by molar-refractivity contribution is 5.04. The maximum atomic E-state index is 6.39. The van der Waals surface area contributed by atoms with Crippen molar-refractivity contribution in [1.82, 2.24) is 0 Å². The van der Waals surface area contributed by atoms with E-state index in [1.807, 2.05) is 13.0 Å². The van der Waals surface area contributed by atoms with Crippen LogP contribution in [-0.4, -0.2) is 19.0 Å². The average molecular weight is 321 g/mol. The normalized spacial score (nSPS) is 18.9. The van der Waals surface area contributed by atoms with Gasteiger partial charge in [-0.2, -0.15) is 0 Å². The zero-order chi connectivity index (χ0) is 17.0. The van der Waals surface area contributed by atoms with E-state index in [-0.39, 0.29) is 11.2 Å². The lowest BCUT2D eigenvalue weighted by Crippen LogP contribution is -2.49. The molecule has 2 heteroatoms. The summed E-state index contributed by atoms with van der Waals surface area (Å²) in [7, 11) is 0. The summed E-state index contributed by atoms with van der Waals surface area (Å²) in [5.74, 6) is 5.87. The molecule has 1 aliphatic heterocycles. The molecule has 132 valence electrons. The van der Waals surface area contributed by atoms with Crippen LogP contribution in [0.5, 0.6) is 0 Å². The number of hydrogen-bond donors (Lipinski definition) is 0. The molecule has 2 nitrogen and oxygen atoms in total. The number of hydrogen-bond acceptors (Lipinski definition) is 2. The summed E-state index contributed by atoms with van der Waals surface area (Å²) >= 11 is 0. The Hall–Kier alpha value is -0.780. The van der Waals surface area contributed by atoms with Crippen molar-refractivity contribution < 1.29 is 9.47 Å². The molecule has 0 aliphatic carbocycles. The van der Waals surface area contributed by atoms with E-state index >= 15 is 0 Å². The van der Waals surface area contributed by atoms with Gasteiger partial charge < -0.3 is 9.47 Å². The van der Waals surface area contributed by atoms with Gasteiger partial charge in [0.2, 0.25) is 0 Å². The SMILES string of the molecule is C=CCC1(CC#CC)COC(CCCCC)(CCCCC)OC1. The van der Waals surface area contributed by atoms with E-state index in [1.165, 1.54) is 38.5 Å². The Labute approximate surface area is 144 Å². The molecule has 0 amide bonds. The lowest BCUT2D eigenvalue weighted by Gasteiger charge is -2.46. The molecule has 0 saturated carbocycles. The number of ether oxygens (including phenoxy) is 2. The smallest absolute Gasteiger partial charge is 0.168 e. The second kappa shape index (κ2) is 10.9. The first-order valence-corrected chi connectivity index (χ1v) is 9.44. The maximum Gasteiger partial charge on any atom is 0.168 e. The van der Waals surface area contributed by atoms with Crippen LogP contribution in [0.25, 0.3) is 0 Å². The molecule has 23 heavy (non-hydrogen) atoms. The summed E-state index contributed by atoms with van der Waals surface area (Å²) in [5.41, 5.74) is -0.0101. The first kappa shape index (κ1) is 20.3. The quantitative estimate of drug-likeness (QED) is 0.269. The molecule has 0 radical (unpaired) electrons. The average Bonchev–Trinajstić information content (AvgIpc) is 2.56. The molecule has 0 aromatic heterocycles. The minimum atomic E-state index is -0.353. The summed E-state index contributed by atoms with van der Waals surface area (Å²) in [6.45, 7) is 11.8. The van der Waals surface area contributed by atoms with Crippen LogP contribution in [0.4, 0.5) is 0 Å². The molecule has 0 spiro atoms. The van der Waals surface area contributed by atoms with E-state index in [9.17, 15) is 0 Å². The fourth-order valence-corrected chi connectivity index (χ4v) is 3.23. The van der Waals surface area contributed by atoms with E-state index in [4.69, 9.17) is 9.47 Å². The Balaban J connectivity index is 2.69. The second-order valence-corrected chi connectivity index (χ2v) is 7.00. The third-order valence-corrected chi connectivity index (χ3v) is 4.82. The topological polar surface area (TPSA) is 18.5 Å². The van der Waals surface area contributed by atoms with Gasteiger partial charge in [0, 0.05) is 24.7 Å². The first-order valence-electron chi connectivity index (χ1n) is 9.44. The van der Waals surface area contributed by atoms with Crippen molar-refractivity contribution in [2.24, 2.45) is 5.41 Å². The molecule has 0 unspecified atom stereocenters. The van der Waals surface area contributed by atoms with E-state index in [0.717, 1.165) is 38.9 Å². The molecule has 0 N–H and O–H groups in total. The van der Waals surface area contributed by atoms with E-state index in [0.29, 0.717) is 0 Å². The predicted molar refractivity (Wildman–Crippen MR) is 98.2 cm³/mol. The molecule has 0 bridgehead atoms. The molecule has 0 aromatic carbocycles. The van der Waals surface area contributed by atoms with Gasteiger partial charge in [-0.1, -0.05) is 45.6 Å². The Bertz CT molecular complexity index is 368. The molecule has 1 heterocycles. The van der Waals surface area contributed by atoms with Crippen LogP contribution in [0.2, 0.25) is 0 Å². The van der Waals surface area contributed by atoms with Gasteiger partial charge in [0.1, 0.15) is 0 Å². The lowest BCUT2D eigenvalue weighted by atomic mass is 9.81. The molecule has 1 aliphatic rings. The van der Waals surface area contributed by atoms with Crippen molar-refractivity contribution in [3.8, 4) is 11.8 Å². The van der Waals surface area contributed by atoms with Crippen LogP contribution in [0, 0.1) is 17.3 Å². The van der Waals surface area contributed by atoms with Crippen molar-refractivity contribution in [1.29, 1.82) is 0 Å². The minimum Gasteiger partial charge on any atom is -0.349 e. The van der Waals surface area contributed by atoms with Gasteiger partial charge in [-0.3, -0.25) is 0 Å². The molecule has 0 atom stereocenters. The van der Waals surface area contributed by atoms with Gasteiger partial charge in [-0.05, 0) is 26.2 Å². The van der Waals surface area contributed by atoms with Crippen LogP contribution in [0.3, 0.4) is 0 Å². The number of allylic oxidation sites excluding steroid dienone is 1. The fourth-order valence-electron chi connectivity index (χ4n) is 3.23. The Morgan fingerprint density at radius 3 is 2.00 bits per heavy atom. The summed E-state index contributed by atoms with van der Waals surface area (Å²) in [5, 5.41) is 0. The monoisotopic (exact) mass is 320 g/mol. The standard InChI is InChI=1S/C21H36O2/c1-5-9-12-16-21(17-13-10-6-2)22-18-20(14-8-4,19-23-21)15-11-7-3/h8H,4-6,9-10,12-19H2,1-3H3. The van der Waals surface area contributed by atoms with Gasteiger partial charge >= 0.3 is 0 Å². The largest absolute Gasteiger partial charge is 0.349 e. The van der Waals surface area contributed by atoms with Crippen LogP contribution < -0.4 is 0 Å². The van der Waals surface area contributed by atoms with Crippen molar-refractivity contribution in [3.63, 3.8) is 0 Å². The van der Waals surface area contributed by atoms with Crippen molar-refractivity contribution in [3.05, 3.63) is 12.7 Å². The number of unbranched alkanes of at least 4 members (excludes halogenated alkanes) is 4. The second-order valence-electron chi connectivity index (χ2n) is 7.00. The number of rotatable bonds is 11. The minimum absolute atomic E-state index is 0.0101. The third-order valence-electron chi connectivity index (χ3n) is 4.82. The third kappa shape index (κ3) is 6.69. The Morgan fingerprint density at radius 1 is 1.00 bits per heavy atom. The summed E-state index contributed by atoms with van der Waals surface area (Å²) < 4.78 is 12.8. The summed E-state index contributed by atoms with van der Waals surface area (Å²) in [4.78, 5) is 0. The highest BCUT2D eigenvalue weighted by atomic mass is 16.7.